The first-order valence-electron chi connectivity index (χ1n) is 6.10. The van der Waals surface area contributed by atoms with E-state index in [0.717, 1.165) is 0 Å². The fraction of sp³-hybridized carbons (Fsp3) is 0. The first kappa shape index (κ1) is 12.9. The van der Waals surface area contributed by atoms with Crippen molar-refractivity contribution in [1.29, 1.82) is 0 Å². The first-order chi connectivity index (χ1) is 10.1. The Bertz CT molecular complexity index is 819. The number of phenols is 1. The minimum atomic E-state index is -1.26. The van der Waals surface area contributed by atoms with Gasteiger partial charge >= 0.3 is 5.97 Å². The summed E-state index contributed by atoms with van der Waals surface area (Å²) in [6.45, 7) is 0. The Morgan fingerprint density at radius 2 is 1.86 bits per heavy atom. The monoisotopic (exact) mass is 282 g/mol. The van der Waals surface area contributed by atoms with Crippen LogP contribution in [0.3, 0.4) is 0 Å². The second-order valence-electron chi connectivity index (χ2n) is 4.26. The Labute approximate surface area is 119 Å². The van der Waals surface area contributed by atoms with Gasteiger partial charge in [0.25, 0.3) is 0 Å². The molecule has 2 aromatic carbocycles. The molecule has 104 valence electrons. The van der Waals surface area contributed by atoms with Crippen LogP contribution in [0, 0.1) is 0 Å². The van der Waals surface area contributed by atoms with Crippen LogP contribution < -0.4 is 4.74 Å². The molecule has 2 N–H and O–H groups in total. The zero-order valence-corrected chi connectivity index (χ0v) is 10.7. The molecule has 0 spiro atoms. The summed E-state index contributed by atoms with van der Waals surface area (Å²) in [6.07, 6.45) is 1.32. The summed E-state index contributed by atoms with van der Waals surface area (Å²) in [5, 5.41) is 18.7. The molecule has 0 amide bonds. The molecule has 3 aromatic rings. The Hall–Kier alpha value is -3.15. The van der Waals surface area contributed by atoms with Crippen molar-refractivity contribution >= 4 is 17.0 Å². The van der Waals surface area contributed by atoms with E-state index in [1.54, 1.807) is 12.1 Å². The maximum atomic E-state index is 11.2. The third-order valence-electron chi connectivity index (χ3n) is 2.85. The molecule has 1 aromatic heterocycles. The molecule has 6 heteroatoms. The predicted octanol–water partition coefficient (Wildman–Crippen LogP) is 2.83. The second-order valence-corrected chi connectivity index (χ2v) is 4.26. The number of para-hydroxylation sites is 1. The molecule has 0 unspecified atom stereocenters. The van der Waals surface area contributed by atoms with E-state index in [9.17, 15) is 9.90 Å². The third kappa shape index (κ3) is 2.46. The Morgan fingerprint density at radius 1 is 1.10 bits per heavy atom. The van der Waals surface area contributed by atoms with E-state index in [-0.39, 0.29) is 22.7 Å². The van der Waals surface area contributed by atoms with Crippen molar-refractivity contribution in [2.45, 2.75) is 0 Å². The van der Waals surface area contributed by atoms with E-state index < -0.39 is 5.97 Å². The van der Waals surface area contributed by atoms with E-state index in [4.69, 9.17) is 9.84 Å². The van der Waals surface area contributed by atoms with Gasteiger partial charge < -0.3 is 14.9 Å². The van der Waals surface area contributed by atoms with Crippen LogP contribution in [-0.2, 0) is 0 Å². The summed E-state index contributed by atoms with van der Waals surface area (Å²) < 4.78 is 5.53. The van der Waals surface area contributed by atoms with E-state index in [1.165, 1.54) is 18.3 Å². The van der Waals surface area contributed by atoms with Crippen LogP contribution in [0.5, 0.6) is 17.4 Å². The van der Waals surface area contributed by atoms with Crippen molar-refractivity contribution in [3.05, 3.63) is 54.2 Å². The minimum Gasteiger partial charge on any atom is -0.507 e. The van der Waals surface area contributed by atoms with Crippen LogP contribution in [0.15, 0.2) is 48.7 Å². The number of nitrogens with zero attached hydrogens (tertiary/aromatic N) is 2. The number of aromatic carboxylic acids is 1. The maximum absolute atomic E-state index is 11.2. The maximum Gasteiger partial charge on any atom is 0.341 e. The lowest BCUT2D eigenvalue weighted by Crippen LogP contribution is -2.01. The van der Waals surface area contributed by atoms with Crippen LogP contribution in [0.2, 0.25) is 0 Å². The van der Waals surface area contributed by atoms with Gasteiger partial charge in [0, 0.05) is 0 Å². The predicted molar refractivity (Wildman–Crippen MR) is 74.7 cm³/mol. The van der Waals surface area contributed by atoms with Crippen LogP contribution in [0.4, 0.5) is 0 Å². The highest BCUT2D eigenvalue weighted by molar-refractivity contribution is 6.03. The quantitative estimate of drug-likeness (QED) is 0.767. The van der Waals surface area contributed by atoms with Crippen molar-refractivity contribution in [2.75, 3.05) is 0 Å². The molecule has 0 saturated heterocycles. The molecule has 0 bridgehead atoms. The van der Waals surface area contributed by atoms with Gasteiger partial charge in [0.15, 0.2) is 0 Å². The number of carboxylic acid groups (broad SMARTS) is 1. The Kier molecular flexibility index (Phi) is 3.12. The summed E-state index contributed by atoms with van der Waals surface area (Å²) in [4.78, 5) is 19.4. The smallest absolute Gasteiger partial charge is 0.341 e. The lowest BCUT2D eigenvalue weighted by atomic mass is 10.1. The fourth-order valence-electron chi connectivity index (χ4n) is 1.93. The zero-order valence-electron chi connectivity index (χ0n) is 10.7. The lowest BCUT2D eigenvalue weighted by molar-refractivity contribution is 0.0695. The number of ether oxygens (including phenoxy) is 1. The molecule has 1 heterocycles. The Morgan fingerprint density at radius 3 is 2.57 bits per heavy atom. The number of carbonyl (C=O) groups is 1. The van der Waals surface area contributed by atoms with E-state index in [0.29, 0.717) is 11.3 Å². The average Bonchev–Trinajstić information content (AvgIpc) is 2.48. The Balaban J connectivity index is 2.05. The van der Waals surface area contributed by atoms with Gasteiger partial charge in [-0.25, -0.2) is 14.8 Å². The molecule has 6 nitrogen and oxygen atoms in total. The van der Waals surface area contributed by atoms with E-state index in [2.05, 4.69) is 9.97 Å². The van der Waals surface area contributed by atoms with Gasteiger partial charge in [0.1, 0.15) is 22.6 Å². The van der Waals surface area contributed by atoms with Crippen molar-refractivity contribution in [1.82, 2.24) is 9.97 Å². The third-order valence-corrected chi connectivity index (χ3v) is 2.85. The van der Waals surface area contributed by atoms with Gasteiger partial charge in [-0.05, 0) is 24.3 Å². The highest BCUT2D eigenvalue weighted by Gasteiger charge is 2.16. The molecule has 0 aliphatic heterocycles. The molecular weight excluding hydrogens is 272 g/mol. The van der Waals surface area contributed by atoms with E-state index >= 15 is 0 Å². The SMILES string of the molecule is O=C(O)c1c(O)ccc2nc(Oc3ccccc3)cnc12. The van der Waals surface area contributed by atoms with Crippen LogP contribution >= 0.6 is 0 Å². The minimum absolute atomic E-state index is 0.114. The van der Waals surface area contributed by atoms with Crippen molar-refractivity contribution in [2.24, 2.45) is 0 Å². The normalized spacial score (nSPS) is 10.5. The molecule has 21 heavy (non-hydrogen) atoms. The summed E-state index contributed by atoms with van der Waals surface area (Å²) in [5.41, 5.74) is 0.174. The zero-order chi connectivity index (χ0) is 14.8. The lowest BCUT2D eigenvalue weighted by Gasteiger charge is -2.07. The number of aromatic nitrogens is 2. The van der Waals surface area contributed by atoms with Crippen LogP contribution in [0.1, 0.15) is 10.4 Å². The van der Waals surface area contributed by atoms with Crippen LogP contribution in [-0.4, -0.2) is 26.2 Å². The molecule has 0 atom stereocenters. The summed E-state index contributed by atoms with van der Waals surface area (Å²) in [7, 11) is 0. The highest BCUT2D eigenvalue weighted by Crippen LogP contribution is 2.27. The molecule has 0 aliphatic rings. The topological polar surface area (TPSA) is 92.5 Å². The number of fused-ring (bicyclic) bond motifs is 1. The molecular formula is C15H10N2O4. The second kappa shape index (κ2) is 5.09. The molecule has 0 saturated carbocycles. The highest BCUT2D eigenvalue weighted by atomic mass is 16.5. The number of benzene rings is 2. The molecule has 0 radical (unpaired) electrons. The van der Waals surface area contributed by atoms with Crippen molar-refractivity contribution < 1.29 is 19.7 Å². The number of rotatable bonds is 3. The first-order valence-corrected chi connectivity index (χ1v) is 6.10. The van der Waals surface area contributed by atoms with Crippen molar-refractivity contribution in [3.63, 3.8) is 0 Å². The fourth-order valence-corrected chi connectivity index (χ4v) is 1.93. The summed E-state index contributed by atoms with van der Waals surface area (Å²) >= 11 is 0. The summed E-state index contributed by atoms with van der Waals surface area (Å²) in [5.74, 6) is -0.760. The average molecular weight is 282 g/mol. The van der Waals surface area contributed by atoms with Gasteiger partial charge in [0.2, 0.25) is 5.88 Å². The number of carboxylic acids is 1. The number of aromatic hydroxyl groups is 1. The van der Waals surface area contributed by atoms with Gasteiger partial charge in [-0.15, -0.1) is 0 Å². The number of hydrogen-bond donors (Lipinski definition) is 2. The van der Waals surface area contributed by atoms with Gasteiger partial charge in [0.05, 0.1) is 11.7 Å². The standard InChI is InChI=1S/C15H10N2O4/c18-11-7-6-10-14(13(11)15(19)20)16-8-12(17-10)21-9-4-2-1-3-5-9/h1-8,18H,(H,19,20). The molecule has 0 fully saturated rings. The van der Waals surface area contributed by atoms with Crippen LogP contribution in [0.25, 0.3) is 11.0 Å². The molecule has 3 rings (SSSR count). The van der Waals surface area contributed by atoms with Gasteiger partial charge in [-0.3, -0.25) is 0 Å². The number of hydrogen-bond acceptors (Lipinski definition) is 5. The van der Waals surface area contributed by atoms with E-state index in [1.807, 2.05) is 18.2 Å². The van der Waals surface area contributed by atoms with Crippen molar-refractivity contribution in [3.8, 4) is 17.4 Å². The van der Waals surface area contributed by atoms with Gasteiger partial charge in [-0.1, -0.05) is 18.2 Å². The van der Waals surface area contributed by atoms with Gasteiger partial charge in [-0.2, -0.15) is 0 Å². The molecule has 0 aliphatic carbocycles. The largest absolute Gasteiger partial charge is 0.507 e. The summed E-state index contributed by atoms with van der Waals surface area (Å²) in [6, 6.07) is 11.8.